The van der Waals surface area contributed by atoms with Crippen LogP contribution in [0.25, 0.3) is 0 Å². The van der Waals surface area contributed by atoms with Crippen LogP contribution in [-0.2, 0) is 0 Å². The molecule has 0 fully saturated rings. The van der Waals surface area contributed by atoms with E-state index in [0.29, 0.717) is 21.7 Å². The van der Waals surface area contributed by atoms with Crippen molar-refractivity contribution < 1.29 is 8.78 Å². The van der Waals surface area contributed by atoms with E-state index in [4.69, 9.17) is 0 Å². The number of halogens is 2. The first kappa shape index (κ1) is 54.3. The molecule has 0 radical (unpaired) electrons. The molecule has 264 valence electrons. The van der Waals surface area contributed by atoms with Gasteiger partial charge in [0.1, 0.15) is 12.3 Å². The molecule has 0 spiro atoms. The third-order valence-electron chi connectivity index (χ3n) is 9.30. The molecule has 0 rings (SSSR count). The first-order valence-electron chi connectivity index (χ1n) is 17.7. The SMILES string of the molecule is CC(C)(C)C.CC(F)C(C)(C)C.CCC(C)(C)C.CCC(C)(C)CC.CCC(C)(CC)C(C)F.CCC(C)(CC)CC. The van der Waals surface area contributed by atoms with Gasteiger partial charge in [-0.05, 0) is 59.2 Å². The maximum absolute atomic E-state index is 12.8. The van der Waals surface area contributed by atoms with Crippen molar-refractivity contribution >= 4 is 0 Å². The second kappa shape index (κ2) is 26.1. The molecule has 0 aromatic heterocycles. The fourth-order valence-corrected chi connectivity index (χ4v) is 1.81. The lowest BCUT2D eigenvalue weighted by Gasteiger charge is -2.27. The molecule has 0 heterocycles. The molecule has 0 nitrogen and oxygen atoms in total. The minimum absolute atomic E-state index is 0.0833. The van der Waals surface area contributed by atoms with Crippen LogP contribution in [0.1, 0.15) is 218 Å². The van der Waals surface area contributed by atoms with Crippen molar-refractivity contribution in [3.05, 3.63) is 0 Å². The Morgan fingerprint density at radius 1 is 0.405 bits per heavy atom. The zero-order valence-corrected chi connectivity index (χ0v) is 34.6. The first-order valence-corrected chi connectivity index (χ1v) is 17.7. The highest BCUT2D eigenvalue weighted by atomic mass is 19.1. The van der Waals surface area contributed by atoms with Crippen LogP contribution in [0.4, 0.5) is 8.78 Å². The van der Waals surface area contributed by atoms with Gasteiger partial charge in [-0.1, -0.05) is 191 Å². The Morgan fingerprint density at radius 2 is 0.619 bits per heavy atom. The Hall–Kier alpha value is -0.140. The topological polar surface area (TPSA) is 0 Å². The Kier molecular flexibility index (Phi) is 33.8. The van der Waals surface area contributed by atoms with E-state index in [1.165, 1.54) is 38.5 Å². The predicted octanol–water partition coefficient (Wildman–Crippen LogP) is 16.1. The van der Waals surface area contributed by atoms with Crippen LogP contribution in [-0.4, -0.2) is 12.3 Å². The number of alkyl halides is 2. The second-order valence-corrected chi connectivity index (χ2v) is 17.6. The van der Waals surface area contributed by atoms with Crippen molar-refractivity contribution in [2.24, 2.45) is 32.5 Å². The van der Waals surface area contributed by atoms with E-state index in [9.17, 15) is 8.78 Å². The van der Waals surface area contributed by atoms with Crippen molar-refractivity contribution in [1.82, 2.24) is 0 Å². The van der Waals surface area contributed by atoms with Gasteiger partial charge in [-0.25, -0.2) is 8.78 Å². The zero-order chi connectivity index (χ0) is 35.8. The van der Waals surface area contributed by atoms with Crippen LogP contribution >= 0.6 is 0 Å². The van der Waals surface area contributed by atoms with Crippen molar-refractivity contribution in [3.8, 4) is 0 Å². The molecule has 0 saturated carbocycles. The van der Waals surface area contributed by atoms with E-state index in [1.807, 2.05) is 41.5 Å². The normalized spacial score (nSPS) is 13.6. The molecular formula is C40H90F2. The summed E-state index contributed by atoms with van der Waals surface area (Å²) in [4.78, 5) is 0. The van der Waals surface area contributed by atoms with Gasteiger partial charge < -0.3 is 0 Å². The van der Waals surface area contributed by atoms with E-state index >= 15 is 0 Å². The summed E-state index contributed by atoms with van der Waals surface area (Å²) in [6.45, 7) is 50.9. The van der Waals surface area contributed by atoms with Gasteiger partial charge in [0.2, 0.25) is 0 Å². The third kappa shape index (κ3) is 46.8. The number of hydrogen-bond acceptors (Lipinski definition) is 0. The molecule has 2 unspecified atom stereocenters. The summed E-state index contributed by atoms with van der Waals surface area (Å²) in [6, 6.07) is 0. The van der Waals surface area contributed by atoms with Gasteiger partial charge in [-0.2, -0.15) is 0 Å². The van der Waals surface area contributed by atoms with Crippen LogP contribution in [0.2, 0.25) is 0 Å². The lowest BCUT2D eigenvalue weighted by atomic mass is 9.81. The molecule has 2 heteroatoms. The largest absolute Gasteiger partial charge is 0.247 e. The molecule has 0 aromatic carbocycles. The molecule has 0 saturated heterocycles. The Morgan fingerprint density at radius 3 is 0.619 bits per heavy atom. The van der Waals surface area contributed by atoms with Gasteiger partial charge in [0.05, 0.1) is 0 Å². The van der Waals surface area contributed by atoms with Crippen molar-refractivity contribution in [1.29, 1.82) is 0 Å². The first-order chi connectivity index (χ1) is 18.4. The monoisotopic (exact) mass is 609 g/mol. The highest BCUT2D eigenvalue weighted by Crippen LogP contribution is 2.31. The second-order valence-electron chi connectivity index (χ2n) is 17.6. The summed E-state index contributed by atoms with van der Waals surface area (Å²) in [6.07, 6.45) is 8.31. The van der Waals surface area contributed by atoms with E-state index < -0.39 is 12.3 Å². The van der Waals surface area contributed by atoms with E-state index in [2.05, 4.69) is 111 Å². The maximum Gasteiger partial charge on any atom is 0.103 e. The number of hydrogen-bond donors (Lipinski definition) is 0. The lowest BCUT2D eigenvalue weighted by Crippen LogP contribution is -2.24. The lowest BCUT2D eigenvalue weighted by molar-refractivity contribution is 0.129. The third-order valence-corrected chi connectivity index (χ3v) is 9.30. The van der Waals surface area contributed by atoms with Crippen LogP contribution in [0, 0.1) is 32.5 Å². The average molecular weight is 609 g/mol. The fourth-order valence-electron chi connectivity index (χ4n) is 1.81. The molecule has 0 amide bonds. The van der Waals surface area contributed by atoms with E-state index in [1.54, 1.807) is 13.8 Å². The minimum Gasteiger partial charge on any atom is -0.247 e. The Bertz CT molecular complexity index is 504. The van der Waals surface area contributed by atoms with Gasteiger partial charge in [0, 0.05) is 0 Å². The standard InChI is InChI=1S/C8H17F.C8H18.C7H16.C6H13F.C6H14.C5H12/c1-5-8(4,6-2)7(3)9;1-5-8(4,6-2)7-3;1-5-7(3,4)6-2;1-5(7)6(2,3)4;1-5-6(2,3)4;1-5(2,3)4/h7H,5-6H2,1-4H3;5-7H2,1-4H3;5-6H2,1-4H3;5H,1-4H3;5H2,1-4H3;1-4H3. The summed E-state index contributed by atoms with van der Waals surface area (Å²) in [5.74, 6) is 0. The van der Waals surface area contributed by atoms with Gasteiger partial charge >= 0.3 is 0 Å². The highest BCUT2D eigenvalue weighted by Gasteiger charge is 2.26. The van der Waals surface area contributed by atoms with Gasteiger partial charge in [0.15, 0.2) is 0 Å². The molecule has 0 aliphatic heterocycles. The quantitative estimate of drug-likeness (QED) is 0.257. The Balaban J connectivity index is -0.0000000934. The molecule has 2 atom stereocenters. The molecular weight excluding hydrogens is 518 g/mol. The summed E-state index contributed by atoms with van der Waals surface area (Å²) in [7, 11) is 0. The summed E-state index contributed by atoms with van der Waals surface area (Å²) >= 11 is 0. The summed E-state index contributed by atoms with van der Waals surface area (Å²) < 4.78 is 25.0. The smallest absolute Gasteiger partial charge is 0.103 e. The molecule has 0 bridgehead atoms. The van der Waals surface area contributed by atoms with Gasteiger partial charge in [0.25, 0.3) is 0 Å². The van der Waals surface area contributed by atoms with Crippen molar-refractivity contribution in [2.45, 2.75) is 230 Å². The highest BCUT2D eigenvalue weighted by molar-refractivity contribution is 4.76. The van der Waals surface area contributed by atoms with Crippen molar-refractivity contribution in [3.63, 3.8) is 0 Å². The van der Waals surface area contributed by atoms with Gasteiger partial charge in [-0.3, -0.25) is 0 Å². The van der Waals surface area contributed by atoms with E-state index in [-0.39, 0.29) is 10.8 Å². The molecule has 0 aromatic rings. The molecule has 0 N–H and O–H groups in total. The fraction of sp³-hybridized carbons (Fsp3) is 1.00. The summed E-state index contributed by atoms with van der Waals surface area (Å²) in [5, 5.41) is 0. The van der Waals surface area contributed by atoms with Crippen molar-refractivity contribution in [2.75, 3.05) is 0 Å². The van der Waals surface area contributed by atoms with Crippen LogP contribution in [0.5, 0.6) is 0 Å². The zero-order valence-electron chi connectivity index (χ0n) is 34.6. The number of rotatable bonds is 8. The average Bonchev–Trinajstić information content (AvgIpc) is 2.87. The van der Waals surface area contributed by atoms with Crippen LogP contribution in [0.15, 0.2) is 0 Å². The van der Waals surface area contributed by atoms with Gasteiger partial charge in [-0.15, -0.1) is 0 Å². The summed E-state index contributed by atoms with van der Waals surface area (Å²) in [5.41, 5.74) is 2.00. The van der Waals surface area contributed by atoms with E-state index in [0.717, 1.165) is 12.8 Å². The Labute approximate surface area is 270 Å². The minimum atomic E-state index is -0.701. The maximum atomic E-state index is 12.8. The van der Waals surface area contributed by atoms with Crippen LogP contribution < -0.4 is 0 Å². The van der Waals surface area contributed by atoms with Crippen LogP contribution in [0.3, 0.4) is 0 Å². The molecule has 42 heavy (non-hydrogen) atoms. The molecule has 0 aliphatic carbocycles. The molecule has 0 aliphatic rings. The predicted molar refractivity (Wildman–Crippen MR) is 198 cm³/mol.